The number of hydrogen-bond donors (Lipinski definition) is 1. The Hall–Kier alpha value is -2.45. The lowest BCUT2D eigenvalue weighted by atomic mass is 10.2. The van der Waals surface area contributed by atoms with Crippen LogP contribution in [0.25, 0.3) is 0 Å². The monoisotopic (exact) mass is 417 g/mol. The second kappa shape index (κ2) is 9.16. The normalized spacial score (nSPS) is 11.0. The molecule has 8 heteroatoms. The smallest absolute Gasteiger partial charge is 0.231 e. The molecular formula is C20H23N3O3S2. The van der Waals surface area contributed by atoms with Crippen LogP contribution in [0, 0.1) is 6.92 Å². The number of nitrogens with one attached hydrogen (secondary N) is 1. The van der Waals surface area contributed by atoms with Crippen molar-refractivity contribution in [2.75, 3.05) is 5.32 Å². The first-order valence-corrected chi connectivity index (χ1v) is 10.8. The van der Waals surface area contributed by atoms with Gasteiger partial charge in [-0.1, -0.05) is 6.07 Å². The average Bonchev–Trinajstić information content (AvgIpc) is 3.36. The highest BCUT2D eigenvalue weighted by atomic mass is 32.1. The molecule has 1 N–H and O–H groups in total. The summed E-state index contributed by atoms with van der Waals surface area (Å²) in [5, 5.41) is 7.08. The van der Waals surface area contributed by atoms with Crippen LogP contribution in [0.1, 0.15) is 35.9 Å². The van der Waals surface area contributed by atoms with Crippen LogP contribution >= 0.6 is 22.7 Å². The molecule has 0 aliphatic carbocycles. The van der Waals surface area contributed by atoms with Crippen molar-refractivity contribution in [1.82, 2.24) is 9.88 Å². The van der Waals surface area contributed by atoms with Crippen LogP contribution in [0.5, 0.6) is 0 Å². The highest BCUT2D eigenvalue weighted by Crippen LogP contribution is 2.19. The SMILES string of the molecule is Cc1ccc(CN(C(=O)Cc2csc(NC(=O)Cc3cccs3)n2)C(C)C)o1. The Morgan fingerprint density at radius 2 is 2.04 bits per heavy atom. The van der Waals surface area contributed by atoms with Crippen molar-refractivity contribution in [3.8, 4) is 0 Å². The number of aryl methyl sites for hydroxylation is 1. The van der Waals surface area contributed by atoms with Crippen molar-refractivity contribution in [3.63, 3.8) is 0 Å². The fourth-order valence-electron chi connectivity index (χ4n) is 2.73. The van der Waals surface area contributed by atoms with Gasteiger partial charge in [-0.25, -0.2) is 4.98 Å². The predicted octanol–water partition coefficient (Wildman–Crippen LogP) is 4.27. The van der Waals surface area contributed by atoms with Gasteiger partial charge in [0.25, 0.3) is 0 Å². The standard InChI is InChI=1S/C20H23N3O3S2/c1-13(2)23(11-16-7-6-14(3)26-16)19(25)9-15-12-28-20(21-15)22-18(24)10-17-5-4-8-27-17/h4-8,12-13H,9-11H2,1-3H3,(H,21,22,24). The Morgan fingerprint density at radius 1 is 1.21 bits per heavy atom. The predicted molar refractivity (Wildman–Crippen MR) is 112 cm³/mol. The van der Waals surface area contributed by atoms with Crippen LogP contribution in [-0.4, -0.2) is 27.7 Å². The van der Waals surface area contributed by atoms with Crippen molar-refractivity contribution < 1.29 is 14.0 Å². The van der Waals surface area contributed by atoms with Gasteiger partial charge in [0, 0.05) is 16.3 Å². The number of amides is 2. The number of hydrogen-bond acceptors (Lipinski definition) is 6. The molecule has 2 amide bonds. The Morgan fingerprint density at radius 3 is 2.68 bits per heavy atom. The van der Waals surface area contributed by atoms with E-state index in [4.69, 9.17) is 4.42 Å². The van der Waals surface area contributed by atoms with E-state index in [0.717, 1.165) is 16.4 Å². The number of rotatable bonds is 8. The van der Waals surface area contributed by atoms with E-state index in [1.54, 1.807) is 16.2 Å². The number of aromatic nitrogens is 1. The Balaban J connectivity index is 1.57. The van der Waals surface area contributed by atoms with E-state index in [0.29, 0.717) is 23.8 Å². The van der Waals surface area contributed by atoms with Crippen molar-refractivity contribution in [2.45, 2.75) is 46.2 Å². The summed E-state index contributed by atoms with van der Waals surface area (Å²) in [5.74, 6) is 1.46. The van der Waals surface area contributed by atoms with E-state index in [-0.39, 0.29) is 24.3 Å². The zero-order valence-electron chi connectivity index (χ0n) is 16.1. The van der Waals surface area contributed by atoms with Gasteiger partial charge in [-0.05, 0) is 44.4 Å². The zero-order valence-corrected chi connectivity index (χ0v) is 17.7. The fraction of sp³-hybridized carbons (Fsp3) is 0.350. The van der Waals surface area contributed by atoms with Gasteiger partial charge in [0.15, 0.2) is 5.13 Å². The first kappa shape index (κ1) is 20.3. The van der Waals surface area contributed by atoms with Crippen molar-refractivity contribution >= 4 is 39.6 Å². The lowest BCUT2D eigenvalue weighted by Crippen LogP contribution is -2.37. The molecule has 0 aliphatic rings. The second-order valence-electron chi connectivity index (χ2n) is 6.75. The summed E-state index contributed by atoms with van der Waals surface area (Å²) in [5.41, 5.74) is 0.655. The first-order valence-electron chi connectivity index (χ1n) is 9.02. The lowest BCUT2D eigenvalue weighted by Gasteiger charge is -2.25. The molecule has 0 spiro atoms. The van der Waals surface area contributed by atoms with E-state index in [1.807, 2.05) is 55.8 Å². The van der Waals surface area contributed by atoms with E-state index in [9.17, 15) is 9.59 Å². The summed E-state index contributed by atoms with van der Waals surface area (Å²) in [6, 6.07) is 7.68. The van der Waals surface area contributed by atoms with Gasteiger partial charge in [0.1, 0.15) is 11.5 Å². The largest absolute Gasteiger partial charge is 0.464 e. The summed E-state index contributed by atoms with van der Waals surface area (Å²) < 4.78 is 5.60. The molecule has 0 aromatic carbocycles. The van der Waals surface area contributed by atoms with Gasteiger partial charge in [0.05, 0.1) is 25.1 Å². The molecule has 3 rings (SSSR count). The van der Waals surface area contributed by atoms with E-state index >= 15 is 0 Å². The summed E-state index contributed by atoms with van der Waals surface area (Å²) in [6.45, 7) is 6.27. The van der Waals surface area contributed by atoms with Crippen LogP contribution in [0.4, 0.5) is 5.13 Å². The molecule has 3 aromatic rings. The van der Waals surface area contributed by atoms with Gasteiger partial charge in [-0.15, -0.1) is 22.7 Å². The lowest BCUT2D eigenvalue weighted by molar-refractivity contribution is -0.133. The molecule has 0 atom stereocenters. The summed E-state index contributed by atoms with van der Waals surface area (Å²) in [4.78, 5) is 32.0. The van der Waals surface area contributed by atoms with Crippen LogP contribution in [0.2, 0.25) is 0 Å². The van der Waals surface area contributed by atoms with Gasteiger partial charge in [-0.3, -0.25) is 9.59 Å². The Kier molecular flexibility index (Phi) is 6.64. The van der Waals surface area contributed by atoms with Crippen molar-refractivity contribution in [3.05, 3.63) is 57.1 Å². The van der Waals surface area contributed by atoms with E-state index in [1.165, 1.54) is 11.3 Å². The van der Waals surface area contributed by atoms with Crippen LogP contribution in [0.3, 0.4) is 0 Å². The third-order valence-corrected chi connectivity index (χ3v) is 5.79. The highest BCUT2D eigenvalue weighted by Gasteiger charge is 2.20. The molecule has 0 saturated heterocycles. The van der Waals surface area contributed by atoms with Gasteiger partial charge in [-0.2, -0.15) is 0 Å². The van der Waals surface area contributed by atoms with Crippen LogP contribution in [0.15, 0.2) is 39.4 Å². The first-order chi connectivity index (χ1) is 13.4. The number of carbonyl (C=O) groups is 2. The van der Waals surface area contributed by atoms with Gasteiger partial charge in [0.2, 0.25) is 11.8 Å². The molecule has 0 aliphatic heterocycles. The molecule has 0 fully saturated rings. The van der Waals surface area contributed by atoms with Crippen LogP contribution in [-0.2, 0) is 29.0 Å². The van der Waals surface area contributed by atoms with Crippen molar-refractivity contribution in [1.29, 1.82) is 0 Å². The number of thiophene rings is 1. The number of thiazole rings is 1. The molecule has 0 radical (unpaired) electrons. The number of anilines is 1. The number of carbonyl (C=O) groups excluding carboxylic acids is 2. The number of furan rings is 1. The molecule has 148 valence electrons. The maximum absolute atomic E-state index is 12.8. The topological polar surface area (TPSA) is 75.4 Å². The minimum Gasteiger partial charge on any atom is -0.464 e. The molecule has 0 saturated carbocycles. The molecule has 28 heavy (non-hydrogen) atoms. The molecule has 3 heterocycles. The summed E-state index contributed by atoms with van der Waals surface area (Å²) in [7, 11) is 0. The van der Waals surface area contributed by atoms with E-state index in [2.05, 4.69) is 10.3 Å². The third-order valence-electron chi connectivity index (χ3n) is 4.11. The Labute approximate surface area is 172 Å². The molecular weight excluding hydrogens is 394 g/mol. The zero-order chi connectivity index (χ0) is 20.1. The molecule has 0 unspecified atom stereocenters. The van der Waals surface area contributed by atoms with Crippen molar-refractivity contribution in [2.24, 2.45) is 0 Å². The second-order valence-corrected chi connectivity index (χ2v) is 8.64. The quantitative estimate of drug-likeness (QED) is 0.594. The van der Waals surface area contributed by atoms with Gasteiger partial charge >= 0.3 is 0 Å². The summed E-state index contributed by atoms with van der Waals surface area (Å²) >= 11 is 2.88. The fourth-order valence-corrected chi connectivity index (χ4v) is 4.16. The minimum absolute atomic E-state index is 0.0224. The summed E-state index contributed by atoms with van der Waals surface area (Å²) in [6.07, 6.45) is 0.518. The average molecular weight is 418 g/mol. The molecule has 0 bridgehead atoms. The maximum Gasteiger partial charge on any atom is 0.231 e. The Bertz CT molecular complexity index is 928. The third kappa shape index (κ3) is 5.53. The minimum atomic E-state index is -0.105. The number of nitrogens with zero attached hydrogens (tertiary/aromatic N) is 2. The maximum atomic E-state index is 12.8. The molecule has 3 aromatic heterocycles. The van der Waals surface area contributed by atoms with E-state index < -0.39 is 0 Å². The highest BCUT2D eigenvalue weighted by molar-refractivity contribution is 7.14. The van der Waals surface area contributed by atoms with Gasteiger partial charge < -0.3 is 14.6 Å². The molecule has 6 nitrogen and oxygen atoms in total. The van der Waals surface area contributed by atoms with Crippen LogP contribution < -0.4 is 5.32 Å².